The molecule has 7 heteroatoms. The number of hydrogen-bond acceptors (Lipinski definition) is 3. The first kappa shape index (κ1) is 17.2. The monoisotopic (exact) mass is 343 g/mol. The molecule has 2 aliphatic rings. The number of likely N-dealkylation sites (tertiary alicyclic amines) is 1. The van der Waals surface area contributed by atoms with Gasteiger partial charge in [0.05, 0.1) is 12.2 Å². The molecule has 2 fully saturated rings. The van der Waals surface area contributed by atoms with Gasteiger partial charge in [-0.25, -0.2) is 0 Å². The molecule has 1 aromatic carbocycles. The van der Waals surface area contributed by atoms with Gasteiger partial charge in [-0.3, -0.25) is 4.79 Å². The summed E-state index contributed by atoms with van der Waals surface area (Å²) in [6.45, 7) is 1.18. The molecule has 3 rings (SSSR count). The van der Waals surface area contributed by atoms with Gasteiger partial charge in [0.25, 0.3) is 0 Å². The molecule has 0 radical (unpaired) electrons. The highest BCUT2D eigenvalue weighted by atomic mass is 19.4. The summed E-state index contributed by atoms with van der Waals surface area (Å²) in [4.78, 5) is 13.7. The Morgan fingerprint density at radius 2 is 1.83 bits per heavy atom. The lowest BCUT2D eigenvalue weighted by Crippen LogP contribution is -2.54. The summed E-state index contributed by atoms with van der Waals surface area (Å²) in [5.41, 5.74) is -0.103. The largest absolute Gasteiger partial charge is 0.418 e. The molecule has 2 saturated heterocycles. The van der Waals surface area contributed by atoms with Crippen LogP contribution in [0.25, 0.3) is 0 Å². The molecule has 132 valence electrons. The van der Waals surface area contributed by atoms with Crippen LogP contribution in [0.2, 0.25) is 0 Å². The fourth-order valence-corrected chi connectivity index (χ4v) is 3.20. The second-order valence-corrected chi connectivity index (χ2v) is 6.31. The van der Waals surface area contributed by atoms with E-state index in [4.69, 9.17) is 9.47 Å². The SMILES string of the molecule is O=C(CO[C@H](c1ccccc1)C(F)(F)F)N1CCC2(CCO2)CC1. The van der Waals surface area contributed by atoms with E-state index in [1.54, 1.807) is 11.0 Å². The lowest BCUT2D eigenvalue weighted by molar-refractivity contribution is -0.225. The van der Waals surface area contributed by atoms with Gasteiger partial charge in [-0.1, -0.05) is 30.3 Å². The van der Waals surface area contributed by atoms with Crippen LogP contribution >= 0.6 is 0 Å². The van der Waals surface area contributed by atoms with E-state index in [0.717, 1.165) is 25.9 Å². The highest BCUT2D eigenvalue weighted by Crippen LogP contribution is 2.37. The van der Waals surface area contributed by atoms with Crippen molar-refractivity contribution in [2.45, 2.75) is 37.1 Å². The van der Waals surface area contributed by atoms with Crippen molar-refractivity contribution in [3.05, 3.63) is 35.9 Å². The third kappa shape index (κ3) is 3.72. The summed E-state index contributed by atoms with van der Waals surface area (Å²) >= 11 is 0. The number of amides is 1. The summed E-state index contributed by atoms with van der Waals surface area (Å²) in [7, 11) is 0. The molecule has 1 spiro atoms. The predicted octanol–water partition coefficient (Wildman–Crippen LogP) is 3.09. The number of rotatable bonds is 4. The number of carbonyl (C=O) groups is 1. The maximum atomic E-state index is 13.2. The quantitative estimate of drug-likeness (QED) is 0.843. The highest BCUT2D eigenvalue weighted by molar-refractivity contribution is 5.77. The summed E-state index contributed by atoms with van der Waals surface area (Å²) in [6.07, 6.45) is -4.18. The molecule has 0 aromatic heterocycles. The van der Waals surface area contributed by atoms with Crippen molar-refractivity contribution in [2.24, 2.45) is 0 Å². The fourth-order valence-electron chi connectivity index (χ4n) is 3.20. The zero-order chi connectivity index (χ0) is 17.2. The Kier molecular flexibility index (Phi) is 4.83. The lowest BCUT2D eigenvalue weighted by Gasteiger charge is -2.47. The second kappa shape index (κ2) is 6.72. The van der Waals surface area contributed by atoms with E-state index < -0.39 is 24.8 Å². The van der Waals surface area contributed by atoms with Crippen LogP contribution in [0.4, 0.5) is 13.2 Å². The van der Waals surface area contributed by atoms with Gasteiger partial charge in [-0.2, -0.15) is 13.2 Å². The normalized spacial score (nSPS) is 21.4. The van der Waals surface area contributed by atoms with Crippen LogP contribution in [0.1, 0.15) is 30.9 Å². The van der Waals surface area contributed by atoms with Crippen LogP contribution in [0, 0.1) is 0 Å². The average Bonchev–Trinajstić information content (AvgIpc) is 2.53. The van der Waals surface area contributed by atoms with Crippen molar-refractivity contribution in [3.63, 3.8) is 0 Å². The maximum absolute atomic E-state index is 13.2. The van der Waals surface area contributed by atoms with Crippen molar-refractivity contribution in [1.82, 2.24) is 4.90 Å². The summed E-state index contributed by atoms with van der Waals surface area (Å²) in [5.74, 6) is -0.408. The first-order valence-electron chi connectivity index (χ1n) is 8.05. The van der Waals surface area contributed by atoms with Gasteiger partial charge in [0.2, 0.25) is 5.91 Å². The fraction of sp³-hybridized carbons (Fsp3) is 0.588. The zero-order valence-electron chi connectivity index (χ0n) is 13.2. The molecule has 0 N–H and O–H groups in total. The molecule has 0 bridgehead atoms. The van der Waals surface area contributed by atoms with Crippen molar-refractivity contribution >= 4 is 5.91 Å². The smallest absolute Gasteiger partial charge is 0.375 e. The van der Waals surface area contributed by atoms with E-state index in [0.29, 0.717) is 13.1 Å². The zero-order valence-corrected chi connectivity index (χ0v) is 13.2. The van der Waals surface area contributed by atoms with Crippen LogP contribution in [0.3, 0.4) is 0 Å². The Labute approximate surface area is 138 Å². The number of piperidine rings is 1. The van der Waals surface area contributed by atoms with Crippen LogP contribution in [-0.4, -0.2) is 48.9 Å². The molecule has 0 unspecified atom stereocenters. The topological polar surface area (TPSA) is 38.8 Å². The Hall–Kier alpha value is -1.60. The Morgan fingerprint density at radius 1 is 1.21 bits per heavy atom. The number of alkyl halides is 3. The van der Waals surface area contributed by atoms with Gasteiger partial charge in [-0.05, 0) is 24.8 Å². The van der Waals surface area contributed by atoms with Crippen LogP contribution in [-0.2, 0) is 14.3 Å². The molecule has 2 heterocycles. The Morgan fingerprint density at radius 3 is 2.33 bits per heavy atom. The minimum absolute atomic E-state index is 0.00161. The number of hydrogen-bond donors (Lipinski definition) is 0. The van der Waals surface area contributed by atoms with Crippen LogP contribution in [0.15, 0.2) is 30.3 Å². The number of benzene rings is 1. The number of halogens is 3. The van der Waals surface area contributed by atoms with Gasteiger partial charge in [0, 0.05) is 13.1 Å². The van der Waals surface area contributed by atoms with Crippen molar-refractivity contribution in [1.29, 1.82) is 0 Å². The maximum Gasteiger partial charge on any atom is 0.418 e. The molecular formula is C17H20F3NO3. The third-order valence-corrected chi connectivity index (χ3v) is 4.77. The molecule has 1 aromatic rings. The third-order valence-electron chi connectivity index (χ3n) is 4.77. The Bertz CT molecular complexity index is 562. The van der Waals surface area contributed by atoms with Crippen LogP contribution < -0.4 is 0 Å². The first-order valence-corrected chi connectivity index (χ1v) is 8.05. The predicted molar refractivity (Wildman–Crippen MR) is 80.3 cm³/mol. The van der Waals surface area contributed by atoms with Gasteiger partial charge in [0.1, 0.15) is 6.61 Å². The van der Waals surface area contributed by atoms with E-state index in [2.05, 4.69) is 0 Å². The first-order chi connectivity index (χ1) is 11.4. The molecule has 2 aliphatic heterocycles. The lowest BCUT2D eigenvalue weighted by atomic mass is 9.84. The molecule has 24 heavy (non-hydrogen) atoms. The van der Waals surface area contributed by atoms with Gasteiger partial charge in [0.15, 0.2) is 6.10 Å². The number of ether oxygens (including phenoxy) is 2. The summed E-state index contributed by atoms with van der Waals surface area (Å²) < 4.78 is 50.1. The van der Waals surface area contributed by atoms with Crippen LogP contribution in [0.5, 0.6) is 0 Å². The van der Waals surface area contributed by atoms with Crippen molar-refractivity contribution in [2.75, 3.05) is 26.3 Å². The molecule has 4 nitrogen and oxygen atoms in total. The molecular weight excluding hydrogens is 323 g/mol. The van der Waals surface area contributed by atoms with E-state index in [9.17, 15) is 18.0 Å². The molecule has 0 aliphatic carbocycles. The highest BCUT2D eigenvalue weighted by Gasteiger charge is 2.44. The minimum atomic E-state index is -4.56. The minimum Gasteiger partial charge on any atom is -0.375 e. The second-order valence-electron chi connectivity index (χ2n) is 6.31. The number of carbonyl (C=O) groups excluding carboxylic acids is 1. The van der Waals surface area contributed by atoms with E-state index in [-0.39, 0.29) is 11.2 Å². The summed E-state index contributed by atoms with van der Waals surface area (Å²) in [6, 6.07) is 7.36. The average molecular weight is 343 g/mol. The van der Waals surface area contributed by atoms with Gasteiger partial charge in [-0.15, -0.1) is 0 Å². The Balaban J connectivity index is 1.55. The standard InChI is InChI=1S/C17H20F3NO3/c18-17(19,20)15(13-4-2-1-3-5-13)23-12-14(22)21-9-6-16(7-10-21)8-11-24-16/h1-5,15H,6-12H2/t15-/m1/s1. The number of nitrogens with zero attached hydrogens (tertiary/aromatic N) is 1. The van der Waals surface area contributed by atoms with Gasteiger partial charge < -0.3 is 14.4 Å². The van der Waals surface area contributed by atoms with E-state index >= 15 is 0 Å². The summed E-state index contributed by atoms with van der Waals surface area (Å²) in [5, 5.41) is 0. The molecule has 0 saturated carbocycles. The van der Waals surface area contributed by atoms with Crippen molar-refractivity contribution < 1.29 is 27.4 Å². The van der Waals surface area contributed by atoms with E-state index in [1.807, 2.05) is 0 Å². The van der Waals surface area contributed by atoms with E-state index in [1.165, 1.54) is 24.3 Å². The van der Waals surface area contributed by atoms with Crippen molar-refractivity contribution in [3.8, 4) is 0 Å². The molecule has 1 amide bonds. The molecule has 1 atom stereocenters. The van der Waals surface area contributed by atoms with Gasteiger partial charge >= 0.3 is 6.18 Å².